The minimum atomic E-state index is -1.65. The summed E-state index contributed by atoms with van der Waals surface area (Å²) in [5.74, 6) is -2.99. The van der Waals surface area contributed by atoms with Crippen LogP contribution >= 0.6 is 0 Å². The normalized spacial score (nSPS) is 24.0. The smallest absolute Gasteiger partial charge is 0.226 e. The molecule has 14 rings (SSSR count). The average molecular weight is 1230 g/mol. The molecule has 92 heavy (non-hydrogen) atoms. The zero-order chi connectivity index (χ0) is 63.0. The zero-order valence-electron chi connectivity index (χ0n) is 52.1. The third-order valence-electron chi connectivity index (χ3n) is 18.6. The molecule has 4 aliphatic rings. The van der Waals surface area contributed by atoms with Gasteiger partial charge in [0, 0.05) is 11.1 Å². The van der Waals surface area contributed by atoms with E-state index in [1.54, 1.807) is 0 Å². The van der Waals surface area contributed by atoms with Gasteiger partial charge < -0.3 is 58.3 Å². The maximum absolute atomic E-state index is 10.9. The van der Waals surface area contributed by atoms with Crippen LogP contribution < -0.4 is 0 Å². The van der Waals surface area contributed by atoms with Gasteiger partial charge in [0.25, 0.3) is 0 Å². The van der Waals surface area contributed by atoms with Crippen molar-refractivity contribution in [2.24, 2.45) is 0 Å². The van der Waals surface area contributed by atoms with Crippen LogP contribution in [0, 0.1) is 0 Å². The van der Waals surface area contributed by atoms with E-state index in [1.165, 1.54) is 27.6 Å². The lowest BCUT2D eigenvalue weighted by Crippen LogP contribution is -2.65. The van der Waals surface area contributed by atoms with Crippen LogP contribution in [-0.2, 0) is 115 Å². The summed E-state index contributed by atoms with van der Waals surface area (Å²) in [6.07, 6.45) is -4.60. The predicted molar refractivity (Wildman–Crippen MR) is 354 cm³/mol. The topological polar surface area (TPSA) is 155 Å². The molecule has 2 spiro atoms. The molecule has 0 bridgehead atoms. The number of hydrogen-bond acceptors (Lipinski definition) is 12. The maximum atomic E-state index is 10.9. The fraction of sp³-hybridized carbons (Fsp3) is 0.300. The number of rotatable bonds is 20. The first kappa shape index (κ1) is 63.0. The molecule has 12 heteroatoms. The minimum absolute atomic E-state index is 0.194. The summed E-state index contributed by atoms with van der Waals surface area (Å²) in [6, 6.07) is 79.4. The molecule has 0 unspecified atom stereocenters. The average Bonchev–Trinajstić information content (AvgIpc) is 1.50. The Labute approximate surface area is 538 Å². The van der Waals surface area contributed by atoms with Crippen LogP contribution in [0.15, 0.2) is 231 Å². The molecule has 10 aromatic rings. The summed E-state index contributed by atoms with van der Waals surface area (Å²) < 4.78 is 54.4. The van der Waals surface area contributed by atoms with Gasteiger partial charge in [-0.05, 0) is 126 Å². The van der Waals surface area contributed by atoms with E-state index >= 15 is 0 Å². The van der Waals surface area contributed by atoms with E-state index in [0.717, 1.165) is 85.5 Å². The standard InChI is InChI=1S/C54H52O6.C26H28O6/c1-2-39-27-29-40(30-28-39)31-45-32-49-48(47-26-16-15-25-46(45)47)37-59-54(49)53(58-36-44-23-13-6-14-24-44)52(57-35-43-21-11-5-12-22-43)51(56-34-42-19-9-4-10-20-42)50(60-54)38-55-33-41-17-7-3-8-18-41;1-2-15-7-9-16(10-8-15)11-17-12-21-20(19-6-4-3-5-18(17)19)14-31-26(21)25(30)24(29)23(28)22(13-27)32-26/h3-30,32,50-53H,2,31,33-38H2,1H3;3-10,12,22-25,27-30H,2,11,13-14H2,1H3/t50-,51-,52+,53-,54+;22-,23-,24+,25-,26+/m11/s1. The number of benzene rings is 10. The van der Waals surface area contributed by atoms with E-state index in [9.17, 15) is 20.4 Å². The van der Waals surface area contributed by atoms with Crippen molar-refractivity contribution in [2.75, 3.05) is 13.2 Å². The van der Waals surface area contributed by atoms with Crippen molar-refractivity contribution in [1.82, 2.24) is 0 Å². The fourth-order valence-electron chi connectivity index (χ4n) is 13.6. The molecule has 2 saturated heterocycles. The van der Waals surface area contributed by atoms with Crippen molar-refractivity contribution in [3.8, 4) is 0 Å². The molecule has 472 valence electrons. The Bertz CT molecular complexity index is 4040. The second-order valence-corrected chi connectivity index (χ2v) is 24.5. The summed E-state index contributed by atoms with van der Waals surface area (Å²) in [5, 5.41) is 45.8. The lowest BCUT2D eigenvalue weighted by molar-refractivity contribution is -0.387. The zero-order valence-corrected chi connectivity index (χ0v) is 52.1. The number of aliphatic hydroxyl groups is 4. The van der Waals surface area contributed by atoms with Crippen LogP contribution in [0.3, 0.4) is 0 Å². The van der Waals surface area contributed by atoms with Crippen LogP contribution in [0.4, 0.5) is 0 Å². The molecule has 12 nitrogen and oxygen atoms in total. The highest BCUT2D eigenvalue weighted by Crippen LogP contribution is 2.52. The molecule has 4 aliphatic heterocycles. The largest absolute Gasteiger partial charge is 0.394 e. The molecule has 2 fully saturated rings. The van der Waals surface area contributed by atoms with Crippen LogP contribution in [0.25, 0.3) is 21.5 Å². The van der Waals surface area contributed by atoms with E-state index in [-0.39, 0.29) is 13.2 Å². The van der Waals surface area contributed by atoms with Crippen molar-refractivity contribution in [1.29, 1.82) is 0 Å². The van der Waals surface area contributed by atoms with Gasteiger partial charge in [-0.15, -0.1) is 0 Å². The second kappa shape index (κ2) is 28.6. The summed E-state index contributed by atoms with van der Waals surface area (Å²) in [4.78, 5) is 0. The van der Waals surface area contributed by atoms with Gasteiger partial charge in [-0.1, -0.05) is 232 Å². The Kier molecular flexibility index (Phi) is 19.6. The summed E-state index contributed by atoms with van der Waals surface area (Å²) in [5.41, 5.74) is 15.0. The third-order valence-corrected chi connectivity index (χ3v) is 18.6. The minimum Gasteiger partial charge on any atom is -0.394 e. The van der Waals surface area contributed by atoms with Crippen LogP contribution in [0.5, 0.6) is 0 Å². The second-order valence-electron chi connectivity index (χ2n) is 24.5. The van der Waals surface area contributed by atoms with Gasteiger partial charge in [0.2, 0.25) is 11.6 Å². The SMILES string of the molecule is CCc1ccc(Cc2cc3c(c4ccccc24)CO[C@]32O[C@H](CO)[C@@H](O)[C@H](O)[C@H]2O)cc1.CCc1ccc(Cc2cc3c(c4ccccc24)CO[C@]32O[C@H](COCc3ccccc3)[C@@H](OCc3ccccc3)[C@H](OCc3ccccc3)[C@H]2OCc2ccccc2)cc1. The van der Waals surface area contributed by atoms with E-state index < -0.39 is 67.0 Å². The van der Waals surface area contributed by atoms with Gasteiger partial charge in [0.05, 0.1) is 52.9 Å². The molecular weight excluding hydrogens is 1150 g/mol. The number of aliphatic hydroxyl groups excluding tert-OH is 4. The van der Waals surface area contributed by atoms with Crippen molar-refractivity contribution < 1.29 is 58.3 Å². The van der Waals surface area contributed by atoms with Gasteiger partial charge in [0.15, 0.2) is 0 Å². The van der Waals surface area contributed by atoms with Crippen LogP contribution in [-0.4, -0.2) is 82.5 Å². The first-order valence-corrected chi connectivity index (χ1v) is 32.3. The monoisotopic (exact) mass is 1230 g/mol. The Balaban J connectivity index is 0.000000202. The van der Waals surface area contributed by atoms with Gasteiger partial charge in [-0.3, -0.25) is 0 Å². The molecule has 10 aromatic carbocycles. The number of ether oxygens (including phenoxy) is 8. The van der Waals surface area contributed by atoms with Crippen LogP contribution in [0.2, 0.25) is 0 Å². The predicted octanol–water partition coefficient (Wildman–Crippen LogP) is 13.2. The summed E-state index contributed by atoms with van der Waals surface area (Å²) >= 11 is 0. The van der Waals surface area contributed by atoms with E-state index in [0.29, 0.717) is 45.0 Å². The summed E-state index contributed by atoms with van der Waals surface area (Å²) in [6.45, 7) is 6.06. The van der Waals surface area contributed by atoms with Gasteiger partial charge in [-0.2, -0.15) is 0 Å². The highest BCUT2D eigenvalue weighted by Gasteiger charge is 2.62. The highest BCUT2D eigenvalue weighted by molar-refractivity contribution is 5.92. The number of aryl methyl sites for hydroxylation is 2. The first-order valence-electron chi connectivity index (χ1n) is 32.3. The van der Waals surface area contributed by atoms with Crippen molar-refractivity contribution in [3.05, 3.63) is 308 Å². The van der Waals surface area contributed by atoms with E-state index in [1.807, 2.05) is 97.1 Å². The third kappa shape index (κ3) is 13.1. The quantitative estimate of drug-likeness (QED) is 0.0574. The molecular formula is C80H80O12. The van der Waals surface area contributed by atoms with Gasteiger partial charge in [0.1, 0.15) is 48.8 Å². The number of fused-ring (bicyclic) bond motifs is 8. The van der Waals surface area contributed by atoms with Gasteiger partial charge >= 0.3 is 0 Å². The lowest BCUT2D eigenvalue weighted by atomic mass is 9.83. The molecule has 0 aromatic heterocycles. The molecule has 0 amide bonds. The Morgan fingerprint density at radius 2 is 0.793 bits per heavy atom. The maximum Gasteiger partial charge on any atom is 0.226 e. The summed E-state index contributed by atoms with van der Waals surface area (Å²) in [7, 11) is 0. The lowest BCUT2D eigenvalue weighted by Gasteiger charge is -2.51. The molecule has 10 atom stereocenters. The molecule has 0 radical (unpaired) electrons. The Hall–Kier alpha value is -7.76. The Morgan fingerprint density at radius 3 is 1.26 bits per heavy atom. The molecule has 0 saturated carbocycles. The van der Waals surface area contributed by atoms with Crippen molar-refractivity contribution in [2.45, 2.75) is 140 Å². The fourth-order valence-corrected chi connectivity index (χ4v) is 13.6. The van der Waals surface area contributed by atoms with E-state index in [2.05, 4.69) is 147 Å². The van der Waals surface area contributed by atoms with Crippen molar-refractivity contribution in [3.63, 3.8) is 0 Å². The highest BCUT2D eigenvalue weighted by atomic mass is 16.8. The molecule has 4 N–H and O–H groups in total. The number of hydrogen-bond donors (Lipinski definition) is 4. The molecule has 0 aliphatic carbocycles. The Morgan fingerprint density at radius 1 is 0.402 bits per heavy atom. The molecule has 4 heterocycles. The van der Waals surface area contributed by atoms with Crippen LogP contribution in [0.1, 0.15) is 91.7 Å². The van der Waals surface area contributed by atoms with E-state index in [4.69, 9.17) is 37.9 Å². The first-order chi connectivity index (χ1) is 45.1. The van der Waals surface area contributed by atoms with Gasteiger partial charge in [-0.25, -0.2) is 0 Å². The van der Waals surface area contributed by atoms with Crippen molar-refractivity contribution >= 4 is 21.5 Å².